The molecule has 6 nitrogen and oxygen atoms in total. The van der Waals surface area contributed by atoms with Crippen molar-refractivity contribution in [3.8, 4) is 0 Å². The normalized spacial score (nSPS) is 19.4. The van der Waals surface area contributed by atoms with Crippen molar-refractivity contribution in [3.63, 3.8) is 0 Å². The van der Waals surface area contributed by atoms with Crippen LogP contribution in [0.4, 0.5) is 11.4 Å². The van der Waals surface area contributed by atoms with Gasteiger partial charge in [0.25, 0.3) is 0 Å². The number of benzene rings is 2. The number of carbonyl (C=O) groups excluding carboxylic acids is 2. The lowest BCUT2D eigenvalue weighted by Crippen LogP contribution is -2.35. The van der Waals surface area contributed by atoms with Crippen molar-refractivity contribution < 1.29 is 14.3 Å². The van der Waals surface area contributed by atoms with Gasteiger partial charge in [-0.25, -0.2) is 0 Å². The number of hydrogen-bond acceptors (Lipinski definition) is 4. The van der Waals surface area contributed by atoms with E-state index >= 15 is 0 Å². The summed E-state index contributed by atoms with van der Waals surface area (Å²) in [5.41, 5.74) is 5.32. The Morgan fingerprint density at radius 3 is 2.31 bits per heavy atom. The molecule has 2 saturated heterocycles. The quantitative estimate of drug-likeness (QED) is 0.721. The number of carbonyl (C=O) groups is 2. The van der Waals surface area contributed by atoms with Gasteiger partial charge in [-0.05, 0) is 41.7 Å². The fourth-order valence-corrected chi connectivity index (χ4v) is 4.62. The van der Waals surface area contributed by atoms with Crippen LogP contribution in [0.1, 0.15) is 37.0 Å². The van der Waals surface area contributed by atoms with Gasteiger partial charge in [-0.2, -0.15) is 0 Å². The number of amides is 2. The molecule has 2 aliphatic rings. The number of rotatable bonds is 7. The van der Waals surface area contributed by atoms with Crippen LogP contribution in [0, 0.1) is 5.92 Å². The molecule has 0 bridgehead atoms. The Bertz CT molecular complexity index is 929. The number of hydrogen-bond donors (Lipinski definition) is 1. The van der Waals surface area contributed by atoms with Crippen LogP contribution in [0.25, 0.3) is 0 Å². The average Bonchev–Trinajstić information content (AvgIpc) is 3.21. The first-order chi connectivity index (χ1) is 15.6. The van der Waals surface area contributed by atoms with Crippen LogP contribution >= 0.6 is 0 Å². The minimum absolute atomic E-state index is 0.0293. The molecule has 2 amide bonds. The lowest BCUT2D eigenvalue weighted by molar-refractivity contribution is -0.122. The molecule has 32 heavy (non-hydrogen) atoms. The Hall–Kier alpha value is -2.70. The van der Waals surface area contributed by atoms with Gasteiger partial charge in [0.05, 0.1) is 19.1 Å². The molecule has 0 spiro atoms. The van der Waals surface area contributed by atoms with E-state index in [4.69, 9.17) is 4.74 Å². The molecule has 0 radical (unpaired) electrons. The summed E-state index contributed by atoms with van der Waals surface area (Å²) in [5, 5.41) is 3.01. The van der Waals surface area contributed by atoms with E-state index < -0.39 is 0 Å². The van der Waals surface area contributed by atoms with Crippen molar-refractivity contribution in [1.82, 2.24) is 4.90 Å². The van der Waals surface area contributed by atoms with Crippen molar-refractivity contribution in [1.29, 1.82) is 0 Å². The fraction of sp³-hybridized carbons (Fsp3) is 0.462. The summed E-state index contributed by atoms with van der Waals surface area (Å²) in [4.78, 5) is 30.0. The zero-order valence-corrected chi connectivity index (χ0v) is 19.1. The Morgan fingerprint density at radius 2 is 1.69 bits per heavy atom. The van der Waals surface area contributed by atoms with Gasteiger partial charge in [-0.3, -0.25) is 14.5 Å². The highest BCUT2D eigenvalue weighted by molar-refractivity contribution is 6.04. The molecule has 1 N–H and O–H groups in total. The van der Waals surface area contributed by atoms with Gasteiger partial charge >= 0.3 is 0 Å². The minimum Gasteiger partial charge on any atom is -0.379 e. The van der Waals surface area contributed by atoms with E-state index in [0.717, 1.165) is 68.2 Å². The maximum absolute atomic E-state index is 12.9. The number of nitrogens with zero attached hydrogens (tertiary/aromatic N) is 2. The molecule has 170 valence electrons. The van der Waals surface area contributed by atoms with Gasteiger partial charge in [0.2, 0.25) is 11.8 Å². The molecule has 0 aliphatic carbocycles. The van der Waals surface area contributed by atoms with Crippen molar-refractivity contribution in [2.75, 3.05) is 43.1 Å². The van der Waals surface area contributed by atoms with Crippen LogP contribution in [0.15, 0.2) is 42.5 Å². The molecule has 1 unspecified atom stereocenters. The number of anilines is 2. The van der Waals surface area contributed by atoms with Gasteiger partial charge in [0.1, 0.15) is 0 Å². The summed E-state index contributed by atoms with van der Waals surface area (Å²) in [7, 11) is 0. The van der Waals surface area contributed by atoms with Gasteiger partial charge in [0.15, 0.2) is 0 Å². The average molecular weight is 436 g/mol. The summed E-state index contributed by atoms with van der Waals surface area (Å²) in [6.45, 7) is 9.00. The van der Waals surface area contributed by atoms with Crippen LogP contribution in [-0.4, -0.2) is 49.6 Å². The number of para-hydroxylation sites is 1. The number of ether oxygens (including phenoxy) is 1. The SMILES string of the molecule is CCc1cccc(CC)c1N1CC(C(=O)Nc2ccc(CN3CCOCC3)cc2)CC1=O. The lowest BCUT2D eigenvalue weighted by Gasteiger charge is -2.26. The standard InChI is InChI=1S/C26H33N3O3/c1-3-20-6-5-7-21(4-2)25(20)29-18-22(16-24(29)30)26(31)27-23-10-8-19(9-11-23)17-28-12-14-32-15-13-28/h5-11,22H,3-4,12-18H2,1-2H3,(H,27,31). The summed E-state index contributed by atoms with van der Waals surface area (Å²) in [6, 6.07) is 14.2. The van der Waals surface area contributed by atoms with Gasteiger partial charge in [-0.15, -0.1) is 0 Å². The molecular weight excluding hydrogens is 402 g/mol. The zero-order valence-electron chi connectivity index (χ0n) is 19.1. The van der Waals surface area contributed by atoms with Gasteiger partial charge in [0, 0.05) is 44.0 Å². The highest BCUT2D eigenvalue weighted by Crippen LogP contribution is 2.32. The van der Waals surface area contributed by atoms with Crippen molar-refractivity contribution >= 4 is 23.2 Å². The molecule has 2 aliphatic heterocycles. The van der Waals surface area contributed by atoms with E-state index in [9.17, 15) is 9.59 Å². The second-order valence-electron chi connectivity index (χ2n) is 8.61. The molecule has 1 atom stereocenters. The van der Waals surface area contributed by atoms with Crippen LogP contribution < -0.4 is 10.2 Å². The van der Waals surface area contributed by atoms with E-state index in [2.05, 4.69) is 54.4 Å². The molecule has 2 aromatic carbocycles. The molecule has 0 saturated carbocycles. The Kier molecular flexibility index (Phi) is 7.22. The molecule has 2 fully saturated rings. The number of nitrogens with one attached hydrogen (secondary N) is 1. The van der Waals surface area contributed by atoms with Crippen LogP contribution in [0.3, 0.4) is 0 Å². The lowest BCUT2D eigenvalue weighted by atomic mass is 10.0. The van der Waals surface area contributed by atoms with E-state index in [1.165, 1.54) is 5.56 Å². The third kappa shape index (κ3) is 5.03. The maximum atomic E-state index is 12.9. The third-order valence-corrected chi connectivity index (χ3v) is 6.46. The first-order valence-corrected chi connectivity index (χ1v) is 11.7. The monoisotopic (exact) mass is 435 g/mol. The highest BCUT2D eigenvalue weighted by atomic mass is 16.5. The van der Waals surface area contributed by atoms with E-state index in [1.54, 1.807) is 0 Å². The Morgan fingerprint density at radius 1 is 1.03 bits per heavy atom. The molecule has 2 aromatic rings. The highest BCUT2D eigenvalue weighted by Gasteiger charge is 2.36. The predicted octanol–water partition coefficient (Wildman–Crippen LogP) is 3.64. The molecule has 2 heterocycles. The smallest absolute Gasteiger partial charge is 0.229 e. The summed E-state index contributed by atoms with van der Waals surface area (Å²) in [5.74, 6) is -0.402. The van der Waals surface area contributed by atoms with Crippen molar-refractivity contribution in [3.05, 3.63) is 59.2 Å². The second-order valence-corrected chi connectivity index (χ2v) is 8.61. The topological polar surface area (TPSA) is 61.9 Å². The number of morpholine rings is 1. The summed E-state index contributed by atoms with van der Waals surface area (Å²) >= 11 is 0. The maximum Gasteiger partial charge on any atom is 0.229 e. The first-order valence-electron chi connectivity index (χ1n) is 11.7. The molecular formula is C26H33N3O3. The summed E-state index contributed by atoms with van der Waals surface area (Å²) in [6.07, 6.45) is 1.98. The van der Waals surface area contributed by atoms with Crippen LogP contribution in [-0.2, 0) is 33.7 Å². The molecule has 6 heteroatoms. The predicted molar refractivity (Wildman–Crippen MR) is 127 cm³/mol. The first kappa shape index (κ1) is 22.5. The largest absolute Gasteiger partial charge is 0.379 e. The van der Waals surface area contributed by atoms with Crippen LogP contribution in [0.2, 0.25) is 0 Å². The second kappa shape index (κ2) is 10.3. The molecule has 4 rings (SSSR count). The van der Waals surface area contributed by atoms with Gasteiger partial charge < -0.3 is 15.0 Å². The van der Waals surface area contributed by atoms with E-state index in [-0.39, 0.29) is 24.2 Å². The Balaban J connectivity index is 1.39. The van der Waals surface area contributed by atoms with Crippen molar-refractivity contribution in [2.45, 2.75) is 39.7 Å². The number of aryl methyl sites for hydroxylation is 2. The molecule has 0 aromatic heterocycles. The fourth-order valence-electron chi connectivity index (χ4n) is 4.62. The Labute approximate surface area is 190 Å². The zero-order chi connectivity index (χ0) is 22.5. The summed E-state index contributed by atoms with van der Waals surface area (Å²) < 4.78 is 5.40. The minimum atomic E-state index is -0.342. The van der Waals surface area contributed by atoms with Gasteiger partial charge in [-0.1, -0.05) is 44.2 Å². The van der Waals surface area contributed by atoms with E-state index in [0.29, 0.717) is 6.54 Å². The third-order valence-electron chi connectivity index (χ3n) is 6.46. The van der Waals surface area contributed by atoms with Crippen LogP contribution in [0.5, 0.6) is 0 Å². The van der Waals surface area contributed by atoms with Crippen molar-refractivity contribution in [2.24, 2.45) is 5.92 Å². The van der Waals surface area contributed by atoms with E-state index in [1.807, 2.05) is 17.0 Å².